The van der Waals surface area contributed by atoms with Crippen molar-refractivity contribution in [3.63, 3.8) is 0 Å². The van der Waals surface area contributed by atoms with E-state index in [4.69, 9.17) is 39.8 Å². The summed E-state index contributed by atoms with van der Waals surface area (Å²) in [6.45, 7) is 1.27. The van der Waals surface area contributed by atoms with Crippen LogP contribution in [0.2, 0.25) is 15.1 Å². The summed E-state index contributed by atoms with van der Waals surface area (Å²) in [7, 11) is -3.48. The molecule has 4 nitrogen and oxygen atoms in total. The zero-order valence-electron chi connectivity index (χ0n) is 16.2. The minimum Gasteiger partial charge on any atom is -0.348 e. The number of hydrogen-bond acceptors (Lipinski definition) is 5. The van der Waals surface area contributed by atoms with E-state index in [9.17, 15) is 8.42 Å². The molecule has 0 bridgehead atoms. The standard InChI is InChI=1S/C21H18BrCl3N2O2S2/c22-14-1-2-20(19(25)10-14)31(28,29)18-3-5-27(6-4-18)21-26-17(12-30-21)9-13-7-15(23)11-16(24)8-13/h1-2,7-8,10-12,18H,3-6,9H2. The van der Waals surface area contributed by atoms with E-state index in [0.717, 1.165) is 20.9 Å². The quantitative estimate of drug-likeness (QED) is 0.330. The summed E-state index contributed by atoms with van der Waals surface area (Å²) in [5, 5.41) is 3.94. The molecule has 0 unspecified atom stereocenters. The van der Waals surface area contributed by atoms with Crippen molar-refractivity contribution in [2.75, 3.05) is 18.0 Å². The van der Waals surface area contributed by atoms with E-state index in [2.05, 4.69) is 20.8 Å². The predicted molar refractivity (Wildman–Crippen MR) is 133 cm³/mol. The maximum atomic E-state index is 13.1. The molecule has 1 saturated heterocycles. The molecule has 0 N–H and O–H groups in total. The molecule has 0 atom stereocenters. The molecule has 10 heteroatoms. The van der Waals surface area contributed by atoms with Crippen molar-refractivity contribution < 1.29 is 8.42 Å². The lowest BCUT2D eigenvalue weighted by Crippen LogP contribution is -2.39. The molecule has 31 heavy (non-hydrogen) atoms. The van der Waals surface area contributed by atoms with Crippen LogP contribution in [0.15, 0.2) is 51.1 Å². The number of piperidine rings is 1. The van der Waals surface area contributed by atoms with Crippen LogP contribution in [0.25, 0.3) is 0 Å². The van der Waals surface area contributed by atoms with Crippen molar-refractivity contribution in [1.29, 1.82) is 0 Å². The number of aromatic nitrogens is 1. The van der Waals surface area contributed by atoms with Gasteiger partial charge in [0, 0.05) is 39.4 Å². The van der Waals surface area contributed by atoms with Crippen molar-refractivity contribution in [1.82, 2.24) is 4.98 Å². The summed E-state index contributed by atoms with van der Waals surface area (Å²) in [5.74, 6) is 0. The SMILES string of the molecule is O=S(=O)(c1ccc(Br)cc1Cl)C1CCN(c2nc(Cc3cc(Cl)cc(Cl)c3)cs2)CC1. The summed E-state index contributed by atoms with van der Waals surface area (Å²) in [6, 6.07) is 10.4. The molecule has 0 aliphatic carbocycles. The molecule has 4 rings (SSSR count). The molecular formula is C21H18BrCl3N2O2S2. The van der Waals surface area contributed by atoms with Gasteiger partial charge in [-0.25, -0.2) is 13.4 Å². The molecule has 3 aromatic rings. The Hall–Kier alpha value is -0.830. The van der Waals surface area contributed by atoms with Crippen molar-refractivity contribution in [2.24, 2.45) is 0 Å². The van der Waals surface area contributed by atoms with Crippen LogP contribution in [0, 0.1) is 0 Å². The Morgan fingerprint density at radius 3 is 2.39 bits per heavy atom. The van der Waals surface area contributed by atoms with Crippen molar-refractivity contribution in [3.05, 3.63) is 72.6 Å². The van der Waals surface area contributed by atoms with Gasteiger partial charge in [-0.2, -0.15) is 0 Å². The molecule has 1 fully saturated rings. The van der Waals surface area contributed by atoms with E-state index in [1.807, 2.05) is 17.5 Å². The van der Waals surface area contributed by atoms with Gasteiger partial charge in [0.2, 0.25) is 0 Å². The van der Waals surface area contributed by atoms with Gasteiger partial charge in [0.15, 0.2) is 15.0 Å². The van der Waals surface area contributed by atoms with Gasteiger partial charge in [0.05, 0.1) is 20.9 Å². The Morgan fingerprint density at radius 1 is 1.06 bits per heavy atom. The number of hydrogen-bond donors (Lipinski definition) is 0. The topological polar surface area (TPSA) is 50.3 Å². The first-order valence-corrected chi connectivity index (χ1v) is 13.9. The van der Waals surface area contributed by atoms with Crippen LogP contribution in [0.1, 0.15) is 24.1 Å². The van der Waals surface area contributed by atoms with Crippen LogP contribution in [-0.4, -0.2) is 31.7 Å². The Balaban J connectivity index is 1.42. The Morgan fingerprint density at radius 2 is 1.74 bits per heavy atom. The molecule has 0 saturated carbocycles. The maximum Gasteiger partial charge on any atom is 0.185 e. The average molecular weight is 581 g/mol. The molecule has 1 aliphatic rings. The van der Waals surface area contributed by atoms with Crippen molar-refractivity contribution >= 4 is 77.0 Å². The fourth-order valence-electron chi connectivity index (χ4n) is 3.69. The molecule has 0 radical (unpaired) electrons. The third kappa shape index (κ3) is 5.40. The van der Waals surface area contributed by atoms with Gasteiger partial charge < -0.3 is 4.90 Å². The Labute approximate surface area is 209 Å². The van der Waals surface area contributed by atoms with Gasteiger partial charge in [-0.3, -0.25) is 0 Å². The molecule has 2 heterocycles. The first-order chi connectivity index (χ1) is 14.7. The molecule has 1 aliphatic heterocycles. The van der Waals surface area contributed by atoms with Crippen molar-refractivity contribution in [2.45, 2.75) is 29.4 Å². The molecule has 164 valence electrons. The number of sulfone groups is 1. The van der Waals surface area contributed by atoms with E-state index in [1.165, 1.54) is 0 Å². The van der Waals surface area contributed by atoms with Crippen molar-refractivity contribution in [3.8, 4) is 0 Å². The highest BCUT2D eigenvalue weighted by Crippen LogP contribution is 2.33. The second kappa shape index (κ2) is 9.57. The van der Waals surface area contributed by atoms with Crippen LogP contribution in [-0.2, 0) is 16.3 Å². The molecule has 1 aromatic heterocycles. The maximum absolute atomic E-state index is 13.1. The summed E-state index contributed by atoms with van der Waals surface area (Å²) in [5.41, 5.74) is 1.94. The number of thiazole rings is 1. The van der Waals surface area contributed by atoms with Crippen LogP contribution in [0.5, 0.6) is 0 Å². The number of anilines is 1. The number of benzene rings is 2. The zero-order valence-corrected chi connectivity index (χ0v) is 21.7. The fourth-order valence-corrected chi connectivity index (χ4v) is 7.91. The second-order valence-corrected chi connectivity index (χ2v) is 12.6. The fraction of sp³-hybridized carbons (Fsp3) is 0.286. The van der Waals surface area contributed by atoms with E-state index >= 15 is 0 Å². The third-order valence-corrected chi connectivity index (χ3v) is 9.82. The lowest BCUT2D eigenvalue weighted by atomic mass is 10.1. The first-order valence-electron chi connectivity index (χ1n) is 9.55. The second-order valence-electron chi connectivity index (χ2n) is 7.38. The first kappa shape index (κ1) is 23.3. The zero-order chi connectivity index (χ0) is 22.2. The highest BCUT2D eigenvalue weighted by atomic mass is 79.9. The monoisotopic (exact) mass is 578 g/mol. The van der Waals surface area contributed by atoms with Gasteiger partial charge in [-0.1, -0.05) is 50.7 Å². The highest BCUT2D eigenvalue weighted by Gasteiger charge is 2.33. The van der Waals surface area contributed by atoms with E-state index in [-0.39, 0.29) is 9.92 Å². The minimum absolute atomic E-state index is 0.201. The van der Waals surface area contributed by atoms with Crippen LogP contribution < -0.4 is 4.90 Å². The predicted octanol–water partition coefficient (Wildman–Crippen LogP) is 6.90. The normalized spacial score (nSPS) is 15.4. The molecule has 0 amide bonds. The van der Waals surface area contributed by atoms with Gasteiger partial charge in [0.1, 0.15) is 0 Å². The van der Waals surface area contributed by atoms with Gasteiger partial charge in [-0.15, -0.1) is 11.3 Å². The minimum atomic E-state index is -3.48. The van der Waals surface area contributed by atoms with Crippen LogP contribution in [0.3, 0.4) is 0 Å². The lowest BCUT2D eigenvalue weighted by Gasteiger charge is -2.31. The van der Waals surface area contributed by atoms with E-state index < -0.39 is 15.1 Å². The lowest BCUT2D eigenvalue weighted by molar-refractivity contribution is 0.529. The molecule has 0 spiro atoms. The largest absolute Gasteiger partial charge is 0.348 e. The number of rotatable bonds is 5. The third-order valence-electron chi connectivity index (χ3n) is 5.20. The van der Waals surface area contributed by atoms with Gasteiger partial charge in [0.25, 0.3) is 0 Å². The average Bonchev–Trinajstić information content (AvgIpc) is 3.15. The van der Waals surface area contributed by atoms with Crippen LogP contribution in [0.4, 0.5) is 5.13 Å². The summed E-state index contributed by atoms with van der Waals surface area (Å²) in [4.78, 5) is 7.09. The summed E-state index contributed by atoms with van der Waals surface area (Å²) >= 11 is 23.3. The van der Waals surface area contributed by atoms with Crippen LogP contribution >= 0.6 is 62.1 Å². The summed E-state index contributed by atoms with van der Waals surface area (Å²) in [6.07, 6.45) is 1.71. The van der Waals surface area contributed by atoms with Gasteiger partial charge in [-0.05, 0) is 54.8 Å². The smallest absolute Gasteiger partial charge is 0.185 e. The Kier molecular flexibility index (Phi) is 7.21. The number of nitrogens with zero attached hydrogens (tertiary/aromatic N) is 2. The Bertz CT molecular complexity index is 1190. The molecule has 2 aromatic carbocycles. The van der Waals surface area contributed by atoms with Gasteiger partial charge >= 0.3 is 0 Å². The summed E-state index contributed by atoms with van der Waals surface area (Å²) < 4.78 is 26.9. The van der Waals surface area contributed by atoms with E-state index in [1.54, 1.807) is 35.6 Å². The van der Waals surface area contributed by atoms with E-state index in [0.29, 0.717) is 42.4 Å². The highest BCUT2D eigenvalue weighted by molar-refractivity contribution is 9.10. The number of halogens is 4. The molecular weight excluding hydrogens is 563 g/mol.